The third-order valence-corrected chi connectivity index (χ3v) is 5.44. The van der Waals surface area contributed by atoms with E-state index in [1.807, 2.05) is 44.2 Å². The minimum absolute atomic E-state index is 0.0334. The van der Waals surface area contributed by atoms with Gasteiger partial charge in [0.25, 0.3) is 0 Å². The van der Waals surface area contributed by atoms with Crippen molar-refractivity contribution in [2.75, 3.05) is 11.4 Å². The van der Waals surface area contributed by atoms with Crippen LogP contribution in [0.15, 0.2) is 55.1 Å². The molecule has 4 rings (SSSR count). The predicted molar refractivity (Wildman–Crippen MR) is 113 cm³/mol. The zero-order chi connectivity index (χ0) is 21.1. The van der Waals surface area contributed by atoms with Crippen LogP contribution >= 0.6 is 0 Å². The maximum absolute atomic E-state index is 12.8. The fraction of sp³-hybridized carbons (Fsp3) is 0.261. The molecular formula is C23H23N5O2. The number of rotatable bonds is 5. The normalized spacial score (nSPS) is 16.0. The molecule has 1 fully saturated rings. The number of nitrogens with one attached hydrogen (secondary N) is 1. The van der Waals surface area contributed by atoms with Crippen LogP contribution in [0.1, 0.15) is 23.2 Å². The molecule has 0 bridgehead atoms. The smallest absolute Gasteiger partial charge is 0.227 e. The Morgan fingerprint density at radius 1 is 1.13 bits per heavy atom. The molecule has 3 heterocycles. The van der Waals surface area contributed by atoms with Gasteiger partial charge in [-0.1, -0.05) is 6.07 Å². The molecule has 1 aliphatic heterocycles. The van der Waals surface area contributed by atoms with Crippen molar-refractivity contribution in [2.24, 2.45) is 5.92 Å². The Hall–Kier alpha value is -3.61. The molecule has 1 N–H and O–H groups in total. The molecule has 0 aliphatic carbocycles. The maximum Gasteiger partial charge on any atom is 0.227 e. The zero-order valence-corrected chi connectivity index (χ0v) is 17.0. The molecule has 0 unspecified atom stereocenters. The first-order chi connectivity index (χ1) is 14.5. The number of pyridine rings is 1. The number of carbonyl (C=O) groups is 2. The summed E-state index contributed by atoms with van der Waals surface area (Å²) < 4.78 is 0. The van der Waals surface area contributed by atoms with Gasteiger partial charge in [0.15, 0.2) is 0 Å². The van der Waals surface area contributed by atoms with Crippen LogP contribution < -0.4 is 10.2 Å². The van der Waals surface area contributed by atoms with E-state index in [-0.39, 0.29) is 24.8 Å². The van der Waals surface area contributed by atoms with Gasteiger partial charge in [-0.2, -0.15) is 0 Å². The molecule has 0 saturated carbocycles. The van der Waals surface area contributed by atoms with E-state index < -0.39 is 5.92 Å². The second kappa shape index (κ2) is 8.41. The Balaban J connectivity index is 1.43. The van der Waals surface area contributed by atoms with Crippen molar-refractivity contribution in [3.8, 4) is 11.3 Å². The monoisotopic (exact) mass is 401 g/mol. The van der Waals surface area contributed by atoms with Crippen molar-refractivity contribution < 1.29 is 9.59 Å². The molecule has 1 saturated heterocycles. The number of amides is 2. The third kappa shape index (κ3) is 4.05. The molecule has 0 spiro atoms. The summed E-state index contributed by atoms with van der Waals surface area (Å²) in [6.07, 6.45) is 6.83. The number of benzene rings is 1. The zero-order valence-electron chi connectivity index (χ0n) is 17.0. The van der Waals surface area contributed by atoms with Crippen molar-refractivity contribution in [1.29, 1.82) is 0 Å². The molecule has 0 radical (unpaired) electrons. The first-order valence-corrected chi connectivity index (χ1v) is 9.88. The number of anilines is 1. The average molecular weight is 401 g/mol. The van der Waals surface area contributed by atoms with E-state index in [1.165, 1.54) is 5.56 Å². The van der Waals surface area contributed by atoms with E-state index in [1.54, 1.807) is 29.7 Å². The van der Waals surface area contributed by atoms with Crippen LogP contribution in [-0.2, 0) is 16.1 Å². The van der Waals surface area contributed by atoms with E-state index in [2.05, 4.69) is 20.3 Å². The van der Waals surface area contributed by atoms with Crippen molar-refractivity contribution in [2.45, 2.75) is 26.8 Å². The summed E-state index contributed by atoms with van der Waals surface area (Å²) in [6.45, 7) is 4.67. The molecular weight excluding hydrogens is 378 g/mol. The van der Waals surface area contributed by atoms with Gasteiger partial charge in [0.1, 0.15) is 0 Å². The summed E-state index contributed by atoms with van der Waals surface area (Å²) in [5.41, 5.74) is 5.32. The Bertz CT molecular complexity index is 1080. The Kier molecular flexibility index (Phi) is 5.52. The molecule has 2 aromatic heterocycles. The molecule has 1 aliphatic rings. The summed E-state index contributed by atoms with van der Waals surface area (Å²) in [7, 11) is 0. The van der Waals surface area contributed by atoms with Gasteiger partial charge in [-0.15, -0.1) is 0 Å². The second-order valence-corrected chi connectivity index (χ2v) is 7.49. The average Bonchev–Trinajstić information content (AvgIpc) is 3.16. The highest BCUT2D eigenvalue weighted by Gasteiger charge is 2.35. The molecule has 7 heteroatoms. The van der Waals surface area contributed by atoms with E-state index >= 15 is 0 Å². The number of aryl methyl sites for hydroxylation is 2. The lowest BCUT2D eigenvalue weighted by molar-refractivity contribution is -0.126. The molecule has 1 atom stereocenters. The molecule has 30 heavy (non-hydrogen) atoms. The topological polar surface area (TPSA) is 88.1 Å². The Morgan fingerprint density at radius 2 is 1.97 bits per heavy atom. The number of carbonyl (C=O) groups excluding carboxylic acids is 2. The number of nitrogens with zero attached hydrogens (tertiary/aromatic N) is 4. The highest BCUT2D eigenvalue weighted by Crippen LogP contribution is 2.27. The molecule has 2 amide bonds. The van der Waals surface area contributed by atoms with Crippen molar-refractivity contribution >= 4 is 17.5 Å². The van der Waals surface area contributed by atoms with Gasteiger partial charge in [-0.3, -0.25) is 24.5 Å². The summed E-state index contributed by atoms with van der Waals surface area (Å²) in [6, 6.07) is 9.66. The van der Waals surface area contributed by atoms with E-state index in [4.69, 9.17) is 0 Å². The molecule has 7 nitrogen and oxygen atoms in total. The van der Waals surface area contributed by atoms with Gasteiger partial charge >= 0.3 is 0 Å². The van der Waals surface area contributed by atoms with Crippen LogP contribution in [0.2, 0.25) is 0 Å². The summed E-state index contributed by atoms with van der Waals surface area (Å²) in [5.74, 6) is -0.580. The van der Waals surface area contributed by atoms with Crippen molar-refractivity contribution in [1.82, 2.24) is 20.3 Å². The SMILES string of the molecule is Cc1ccc(N2C[C@@H](C(=O)NCc3nccnc3-c3cccnc3)CC2=O)cc1C. The van der Waals surface area contributed by atoms with Crippen LogP contribution in [0, 0.1) is 19.8 Å². The minimum Gasteiger partial charge on any atom is -0.350 e. The first kappa shape index (κ1) is 19.7. The van der Waals surface area contributed by atoms with Crippen molar-refractivity contribution in [3.05, 3.63) is 71.9 Å². The lowest BCUT2D eigenvalue weighted by Crippen LogP contribution is -2.33. The fourth-order valence-electron chi connectivity index (χ4n) is 3.58. The van der Waals surface area contributed by atoms with Crippen LogP contribution in [-0.4, -0.2) is 33.3 Å². The molecule has 152 valence electrons. The van der Waals surface area contributed by atoms with Gasteiger partial charge < -0.3 is 10.2 Å². The Morgan fingerprint density at radius 3 is 2.73 bits per heavy atom. The van der Waals surface area contributed by atoms with E-state index in [0.717, 1.165) is 16.8 Å². The van der Waals surface area contributed by atoms with Gasteiger partial charge in [0.2, 0.25) is 11.8 Å². The summed E-state index contributed by atoms with van der Waals surface area (Å²) >= 11 is 0. The lowest BCUT2D eigenvalue weighted by atomic mass is 10.1. The largest absolute Gasteiger partial charge is 0.350 e. The predicted octanol–water partition coefficient (Wildman–Crippen LogP) is 2.82. The van der Waals surface area contributed by atoms with Gasteiger partial charge in [-0.05, 0) is 49.2 Å². The van der Waals surface area contributed by atoms with Crippen LogP contribution in [0.4, 0.5) is 5.69 Å². The van der Waals surface area contributed by atoms with Gasteiger partial charge in [-0.25, -0.2) is 0 Å². The molecule has 1 aromatic carbocycles. The van der Waals surface area contributed by atoms with Crippen LogP contribution in [0.5, 0.6) is 0 Å². The quantitative estimate of drug-likeness (QED) is 0.710. The number of aromatic nitrogens is 3. The maximum atomic E-state index is 12.8. The fourth-order valence-corrected chi connectivity index (χ4v) is 3.58. The highest BCUT2D eigenvalue weighted by atomic mass is 16.2. The van der Waals surface area contributed by atoms with Gasteiger partial charge in [0.05, 0.1) is 23.9 Å². The highest BCUT2D eigenvalue weighted by molar-refractivity contribution is 6.00. The van der Waals surface area contributed by atoms with Crippen LogP contribution in [0.3, 0.4) is 0 Å². The van der Waals surface area contributed by atoms with E-state index in [9.17, 15) is 9.59 Å². The minimum atomic E-state index is -0.391. The lowest BCUT2D eigenvalue weighted by Gasteiger charge is -2.18. The first-order valence-electron chi connectivity index (χ1n) is 9.88. The number of hydrogen-bond donors (Lipinski definition) is 1. The van der Waals surface area contributed by atoms with Gasteiger partial charge in [0, 0.05) is 49.0 Å². The second-order valence-electron chi connectivity index (χ2n) is 7.49. The third-order valence-electron chi connectivity index (χ3n) is 5.44. The number of hydrogen-bond acceptors (Lipinski definition) is 5. The Labute approximate surface area is 175 Å². The van der Waals surface area contributed by atoms with E-state index in [0.29, 0.717) is 17.9 Å². The summed E-state index contributed by atoms with van der Waals surface area (Å²) in [5, 5.41) is 2.92. The standard InChI is InChI=1S/C23H23N5O2/c1-15-5-6-19(10-16(15)2)28-14-18(11-21(28)29)23(30)27-13-20-22(26-9-8-25-20)17-4-3-7-24-12-17/h3-10,12,18H,11,13-14H2,1-2H3,(H,27,30)/t18-/m0/s1. The van der Waals surface area contributed by atoms with Crippen LogP contribution in [0.25, 0.3) is 11.3 Å². The van der Waals surface area contributed by atoms with Crippen molar-refractivity contribution in [3.63, 3.8) is 0 Å². The summed E-state index contributed by atoms with van der Waals surface area (Å²) in [4.78, 5) is 39.8. The molecule has 3 aromatic rings.